The summed E-state index contributed by atoms with van der Waals surface area (Å²) in [6.07, 6.45) is -4.43. The molecule has 0 aliphatic rings. The van der Waals surface area contributed by atoms with Gasteiger partial charge in [0.2, 0.25) is 0 Å². The quantitative estimate of drug-likeness (QED) is 0.595. The van der Waals surface area contributed by atoms with Crippen LogP contribution in [0.1, 0.15) is 11.1 Å². The Morgan fingerprint density at radius 2 is 1.67 bits per heavy atom. The van der Waals surface area contributed by atoms with Crippen molar-refractivity contribution in [2.45, 2.75) is 12.7 Å². The molecule has 0 aromatic heterocycles. The highest BCUT2D eigenvalue weighted by Gasteiger charge is 2.31. The molecule has 2 rings (SSSR count). The van der Waals surface area contributed by atoms with Gasteiger partial charge in [-0.15, -0.1) is 0 Å². The van der Waals surface area contributed by atoms with Crippen LogP contribution >= 0.6 is 31.9 Å². The third-order valence-electron chi connectivity index (χ3n) is 2.72. The minimum absolute atomic E-state index is 0.0824. The first kappa shape index (κ1) is 16.3. The molecule has 1 N–H and O–H groups in total. The zero-order valence-electron chi connectivity index (χ0n) is 10.4. The summed E-state index contributed by atoms with van der Waals surface area (Å²) in [5, 5.41) is 2.79. The van der Waals surface area contributed by atoms with Gasteiger partial charge in [0.15, 0.2) is 0 Å². The minimum Gasteiger partial charge on any atom is -0.381 e. The molecule has 0 radical (unpaired) electrons. The zero-order valence-corrected chi connectivity index (χ0v) is 13.6. The third-order valence-corrected chi connectivity index (χ3v) is 3.67. The largest absolute Gasteiger partial charge is 0.416 e. The van der Waals surface area contributed by atoms with Crippen molar-refractivity contribution in [3.8, 4) is 0 Å². The van der Waals surface area contributed by atoms with E-state index in [0.29, 0.717) is 14.5 Å². The lowest BCUT2D eigenvalue weighted by Crippen LogP contribution is -2.07. The van der Waals surface area contributed by atoms with E-state index < -0.39 is 17.6 Å². The van der Waals surface area contributed by atoms with Crippen LogP contribution in [0.5, 0.6) is 0 Å². The van der Waals surface area contributed by atoms with Gasteiger partial charge in [-0.05, 0) is 36.4 Å². The second-order valence-electron chi connectivity index (χ2n) is 4.32. The predicted octanol–water partition coefficient (Wildman–Crippen LogP) is 5.98. The molecule has 7 heteroatoms. The fourth-order valence-corrected chi connectivity index (χ4v) is 2.63. The molecule has 0 amide bonds. The van der Waals surface area contributed by atoms with E-state index in [9.17, 15) is 17.6 Å². The molecule has 0 fully saturated rings. The smallest absolute Gasteiger partial charge is 0.381 e. The van der Waals surface area contributed by atoms with Gasteiger partial charge < -0.3 is 5.32 Å². The number of halogens is 6. The van der Waals surface area contributed by atoms with Crippen molar-refractivity contribution in [3.63, 3.8) is 0 Å². The Kier molecular flexibility index (Phi) is 4.93. The van der Waals surface area contributed by atoms with Gasteiger partial charge in [0.1, 0.15) is 5.82 Å². The molecule has 0 unspecified atom stereocenters. The molecule has 112 valence electrons. The van der Waals surface area contributed by atoms with Crippen LogP contribution in [0.4, 0.5) is 23.2 Å². The Morgan fingerprint density at radius 1 is 0.952 bits per heavy atom. The van der Waals surface area contributed by atoms with Crippen LogP contribution < -0.4 is 5.32 Å². The zero-order chi connectivity index (χ0) is 15.6. The highest BCUT2D eigenvalue weighted by Crippen LogP contribution is 2.33. The SMILES string of the molecule is Fc1ccc(Br)cc1CNc1cc(Br)cc(C(F)(F)F)c1. The van der Waals surface area contributed by atoms with Crippen LogP contribution in [0.25, 0.3) is 0 Å². The van der Waals surface area contributed by atoms with Gasteiger partial charge in [-0.3, -0.25) is 0 Å². The lowest BCUT2D eigenvalue weighted by Gasteiger charge is -2.12. The van der Waals surface area contributed by atoms with E-state index in [4.69, 9.17) is 0 Å². The van der Waals surface area contributed by atoms with Crippen LogP contribution in [-0.4, -0.2) is 0 Å². The molecule has 0 saturated carbocycles. The van der Waals surface area contributed by atoms with E-state index in [1.807, 2.05) is 0 Å². The summed E-state index contributed by atoms with van der Waals surface area (Å²) in [6, 6.07) is 7.91. The molecule has 1 nitrogen and oxygen atoms in total. The lowest BCUT2D eigenvalue weighted by atomic mass is 10.1. The molecule has 0 spiro atoms. The summed E-state index contributed by atoms with van der Waals surface area (Å²) in [7, 11) is 0. The minimum atomic E-state index is -4.43. The average Bonchev–Trinajstić information content (AvgIpc) is 2.38. The van der Waals surface area contributed by atoms with Gasteiger partial charge in [0, 0.05) is 26.7 Å². The van der Waals surface area contributed by atoms with Crippen molar-refractivity contribution in [3.05, 3.63) is 62.3 Å². The van der Waals surface area contributed by atoms with Crippen LogP contribution in [-0.2, 0) is 12.7 Å². The number of benzene rings is 2. The Balaban J connectivity index is 2.20. The van der Waals surface area contributed by atoms with Crippen molar-refractivity contribution >= 4 is 37.5 Å². The topological polar surface area (TPSA) is 12.0 Å². The van der Waals surface area contributed by atoms with E-state index in [-0.39, 0.29) is 12.2 Å². The fraction of sp³-hybridized carbons (Fsp3) is 0.143. The van der Waals surface area contributed by atoms with E-state index >= 15 is 0 Å². The van der Waals surface area contributed by atoms with Gasteiger partial charge in [-0.2, -0.15) is 13.2 Å². The normalized spacial score (nSPS) is 11.5. The number of nitrogens with one attached hydrogen (secondary N) is 1. The first-order valence-corrected chi connectivity index (χ1v) is 7.40. The second-order valence-corrected chi connectivity index (χ2v) is 6.15. The van der Waals surface area contributed by atoms with E-state index in [1.165, 1.54) is 12.1 Å². The maximum Gasteiger partial charge on any atom is 0.416 e. The Bertz CT molecular complexity index is 656. The summed E-state index contributed by atoms with van der Waals surface area (Å²) < 4.78 is 52.7. The van der Waals surface area contributed by atoms with E-state index in [1.54, 1.807) is 12.1 Å². The Hall–Kier alpha value is -1.08. The average molecular weight is 427 g/mol. The number of anilines is 1. The van der Waals surface area contributed by atoms with Crippen molar-refractivity contribution in [1.29, 1.82) is 0 Å². The lowest BCUT2D eigenvalue weighted by molar-refractivity contribution is -0.137. The fourth-order valence-electron chi connectivity index (χ4n) is 1.73. The predicted molar refractivity (Wildman–Crippen MR) is 80.6 cm³/mol. The molecule has 0 atom stereocenters. The van der Waals surface area contributed by atoms with Crippen molar-refractivity contribution in [1.82, 2.24) is 0 Å². The van der Waals surface area contributed by atoms with Crippen LogP contribution in [0.3, 0.4) is 0 Å². The van der Waals surface area contributed by atoms with Gasteiger partial charge in [-0.25, -0.2) is 4.39 Å². The molecule has 0 heterocycles. The second kappa shape index (κ2) is 6.36. The summed E-state index contributed by atoms with van der Waals surface area (Å²) in [5.41, 5.74) is -0.150. The number of hydrogen-bond donors (Lipinski definition) is 1. The van der Waals surface area contributed by atoms with Crippen LogP contribution in [0, 0.1) is 5.82 Å². The number of rotatable bonds is 3. The summed E-state index contributed by atoms with van der Waals surface area (Å²) in [6.45, 7) is 0.0824. The standard InChI is InChI=1S/C14H9Br2F4N/c15-10-1-2-13(17)8(3-10)7-21-12-5-9(14(18,19)20)4-11(16)6-12/h1-6,21H,7H2. The summed E-state index contributed by atoms with van der Waals surface area (Å²) >= 11 is 6.26. The molecular formula is C14H9Br2F4N. The molecule has 0 saturated heterocycles. The first-order valence-electron chi connectivity index (χ1n) is 5.81. The molecule has 21 heavy (non-hydrogen) atoms. The van der Waals surface area contributed by atoms with Gasteiger partial charge in [0.25, 0.3) is 0 Å². The van der Waals surface area contributed by atoms with Crippen molar-refractivity contribution < 1.29 is 17.6 Å². The summed E-state index contributed by atoms with van der Waals surface area (Å²) in [5.74, 6) is -0.420. The van der Waals surface area contributed by atoms with Gasteiger partial charge in [-0.1, -0.05) is 31.9 Å². The molecule has 0 aliphatic carbocycles. The van der Waals surface area contributed by atoms with Gasteiger partial charge >= 0.3 is 6.18 Å². The van der Waals surface area contributed by atoms with Crippen LogP contribution in [0.2, 0.25) is 0 Å². The van der Waals surface area contributed by atoms with Gasteiger partial charge in [0.05, 0.1) is 5.56 Å². The van der Waals surface area contributed by atoms with Crippen molar-refractivity contribution in [2.75, 3.05) is 5.32 Å². The Morgan fingerprint density at radius 3 is 2.33 bits per heavy atom. The van der Waals surface area contributed by atoms with E-state index in [2.05, 4.69) is 37.2 Å². The Labute approximate surface area is 135 Å². The molecule has 2 aromatic carbocycles. The first-order chi connectivity index (χ1) is 9.75. The third kappa shape index (κ3) is 4.44. The molecule has 0 bridgehead atoms. The molecular weight excluding hydrogens is 418 g/mol. The molecule has 2 aromatic rings. The van der Waals surface area contributed by atoms with Crippen molar-refractivity contribution in [2.24, 2.45) is 0 Å². The monoisotopic (exact) mass is 425 g/mol. The molecule has 0 aliphatic heterocycles. The number of hydrogen-bond acceptors (Lipinski definition) is 1. The highest BCUT2D eigenvalue weighted by molar-refractivity contribution is 9.10. The number of alkyl halides is 3. The maximum absolute atomic E-state index is 13.6. The summed E-state index contributed by atoms with van der Waals surface area (Å²) in [4.78, 5) is 0. The van der Waals surface area contributed by atoms with Crippen LogP contribution in [0.15, 0.2) is 45.3 Å². The van der Waals surface area contributed by atoms with E-state index in [0.717, 1.165) is 12.1 Å². The maximum atomic E-state index is 13.6. The highest BCUT2D eigenvalue weighted by atomic mass is 79.9.